The monoisotopic (exact) mass is 592 g/mol. The maximum Gasteiger partial charge on any atom is 0.411 e. The zero-order valence-electron chi connectivity index (χ0n) is 20.9. The van der Waals surface area contributed by atoms with Crippen LogP contribution in [0.3, 0.4) is 0 Å². The molecule has 4 aromatic rings. The molecule has 12 nitrogen and oxygen atoms in total. The number of carbonyl (C=O) groups is 3. The lowest BCUT2D eigenvalue weighted by atomic mass is 9.80. The van der Waals surface area contributed by atoms with Gasteiger partial charge in [-0.3, -0.25) is 14.9 Å². The highest BCUT2D eigenvalue weighted by atomic mass is 79.9. The Hall–Kier alpha value is -4.26. The second kappa shape index (κ2) is 9.80. The summed E-state index contributed by atoms with van der Waals surface area (Å²) in [5, 5.41) is 6.77. The molecule has 13 heteroatoms. The molecule has 4 N–H and O–H groups in total. The van der Waals surface area contributed by atoms with E-state index in [0.29, 0.717) is 50.4 Å². The van der Waals surface area contributed by atoms with E-state index in [1.165, 1.54) is 13.4 Å². The molecule has 3 amide bonds. The fourth-order valence-corrected chi connectivity index (χ4v) is 6.01. The molecule has 0 spiro atoms. The van der Waals surface area contributed by atoms with Gasteiger partial charge < -0.3 is 25.3 Å². The molecule has 39 heavy (non-hydrogen) atoms. The Kier molecular flexibility index (Phi) is 6.29. The van der Waals surface area contributed by atoms with Gasteiger partial charge in [0, 0.05) is 17.1 Å². The number of methoxy groups -OCH3 is 1. The average molecular weight is 593 g/mol. The standard InChI is InChI=1S/C26H25BrN8O4/c1-39-26(38)31-14-6-8-17-15(10-14)22-23(28)29-12-30-24(22)34(17)11-21(36)35-16-7-5-13(16)9-18(35)25(37)33-20-4-2-3-19(27)32-20/h2-4,6,8,10,12-13,16,18H,5,7,9,11H2,1H3,(H,31,38)(H2,28,29,30)(H,32,33,37)/t13-,16-,18+/m1/s1. The Balaban J connectivity index is 1.33. The van der Waals surface area contributed by atoms with E-state index < -0.39 is 12.1 Å². The first-order chi connectivity index (χ1) is 18.8. The van der Waals surface area contributed by atoms with Crippen molar-refractivity contribution in [2.24, 2.45) is 5.92 Å². The second-order valence-electron chi connectivity index (χ2n) is 9.68. The van der Waals surface area contributed by atoms with Crippen LogP contribution in [0, 0.1) is 5.92 Å². The van der Waals surface area contributed by atoms with E-state index in [-0.39, 0.29) is 30.2 Å². The molecule has 200 valence electrons. The van der Waals surface area contributed by atoms with Gasteiger partial charge in [0.25, 0.3) is 0 Å². The number of halogens is 1. The minimum absolute atomic E-state index is 0.0207. The molecule has 1 aliphatic heterocycles. The van der Waals surface area contributed by atoms with E-state index in [0.717, 1.165) is 12.8 Å². The third-order valence-corrected chi connectivity index (χ3v) is 7.99. The van der Waals surface area contributed by atoms with E-state index in [1.54, 1.807) is 45.9 Å². The third-order valence-electron chi connectivity index (χ3n) is 7.55. The number of hydrogen-bond donors (Lipinski definition) is 3. The Morgan fingerprint density at radius 1 is 1.15 bits per heavy atom. The second-order valence-corrected chi connectivity index (χ2v) is 10.5. The zero-order valence-corrected chi connectivity index (χ0v) is 22.5. The molecule has 2 fully saturated rings. The third kappa shape index (κ3) is 4.42. The number of anilines is 3. The molecule has 6 rings (SSSR count). The number of fused-ring (bicyclic) bond motifs is 4. The molecular formula is C26H25BrN8O4. The van der Waals surface area contributed by atoms with Gasteiger partial charge in [-0.05, 0) is 71.4 Å². The first kappa shape index (κ1) is 25.0. The van der Waals surface area contributed by atoms with E-state index in [9.17, 15) is 14.4 Å². The van der Waals surface area contributed by atoms with Crippen molar-refractivity contribution in [3.63, 3.8) is 0 Å². The quantitative estimate of drug-likeness (QED) is 0.297. The highest BCUT2D eigenvalue weighted by molar-refractivity contribution is 9.10. The van der Waals surface area contributed by atoms with Crippen LogP contribution >= 0.6 is 15.9 Å². The van der Waals surface area contributed by atoms with Crippen molar-refractivity contribution in [2.45, 2.75) is 37.9 Å². The summed E-state index contributed by atoms with van der Waals surface area (Å²) in [5.74, 6) is 0.536. The number of hydrogen-bond acceptors (Lipinski definition) is 8. The molecule has 4 heterocycles. The molecule has 1 saturated heterocycles. The topological polar surface area (TPSA) is 157 Å². The van der Waals surface area contributed by atoms with Crippen LogP contribution in [0.25, 0.3) is 21.9 Å². The van der Waals surface area contributed by atoms with Crippen LogP contribution in [0.1, 0.15) is 19.3 Å². The summed E-state index contributed by atoms with van der Waals surface area (Å²) in [6, 6.07) is 9.94. The number of nitrogens with one attached hydrogen (secondary N) is 2. The van der Waals surface area contributed by atoms with Crippen LogP contribution in [0.2, 0.25) is 0 Å². The first-order valence-electron chi connectivity index (χ1n) is 12.5. The van der Waals surface area contributed by atoms with Crippen molar-refractivity contribution in [3.05, 3.63) is 47.3 Å². The maximum absolute atomic E-state index is 13.9. The fraction of sp³-hybridized carbons (Fsp3) is 0.308. The summed E-state index contributed by atoms with van der Waals surface area (Å²) in [6.45, 7) is -0.0393. The molecule has 0 unspecified atom stereocenters. The molecule has 3 aromatic heterocycles. The number of carbonyl (C=O) groups excluding carboxylic acids is 3. The van der Waals surface area contributed by atoms with Gasteiger partial charge in [0.15, 0.2) is 0 Å². The molecule has 1 aromatic carbocycles. The van der Waals surface area contributed by atoms with Crippen molar-refractivity contribution in [3.8, 4) is 0 Å². The van der Waals surface area contributed by atoms with Gasteiger partial charge >= 0.3 is 6.09 Å². The number of aromatic nitrogens is 4. The number of pyridine rings is 1. The van der Waals surface area contributed by atoms with Crippen molar-refractivity contribution >= 4 is 73.1 Å². The number of likely N-dealkylation sites (tertiary alicyclic amines) is 1. The minimum Gasteiger partial charge on any atom is -0.453 e. The summed E-state index contributed by atoms with van der Waals surface area (Å²) >= 11 is 3.32. The number of rotatable bonds is 5. The Labute approximate surface area is 231 Å². The number of ether oxygens (including phenoxy) is 1. The lowest BCUT2D eigenvalue weighted by molar-refractivity contribution is -0.140. The number of nitrogens with two attached hydrogens (primary N) is 1. The maximum atomic E-state index is 13.9. The number of amides is 3. The van der Waals surface area contributed by atoms with Gasteiger partial charge in [-0.1, -0.05) is 6.07 Å². The Bertz CT molecular complexity index is 1640. The molecule has 2 aliphatic rings. The highest BCUT2D eigenvalue weighted by Crippen LogP contribution is 2.44. The van der Waals surface area contributed by atoms with Gasteiger partial charge in [-0.25, -0.2) is 19.7 Å². The molecule has 0 radical (unpaired) electrons. The number of nitrogens with zero attached hydrogens (tertiary/aromatic N) is 5. The van der Waals surface area contributed by atoms with Crippen molar-refractivity contribution < 1.29 is 19.1 Å². The smallest absolute Gasteiger partial charge is 0.411 e. The van der Waals surface area contributed by atoms with Gasteiger partial charge in [0.1, 0.15) is 40.8 Å². The molecule has 1 aliphatic carbocycles. The SMILES string of the molecule is COC(=O)Nc1ccc2c(c1)c1c(N)ncnc1n2CC(=O)N1[C@@H]2CC[C@@H]2C[C@H]1C(=O)Nc1cccc(Br)n1. The average Bonchev–Trinajstić information content (AvgIpc) is 3.35. The van der Waals surface area contributed by atoms with Gasteiger partial charge in [-0.2, -0.15) is 0 Å². The van der Waals surface area contributed by atoms with E-state index in [2.05, 4.69) is 41.5 Å². The van der Waals surface area contributed by atoms with Crippen LogP contribution in [0.5, 0.6) is 0 Å². The normalized spacial score (nSPS) is 19.9. The largest absolute Gasteiger partial charge is 0.453 e. The summed E-state index contributed by atoms with van der Waals surface area (Å²) in [7, 11) is 1.28. The number of nitrogen functional groups attached to an aromatic ring is 1. The first-order valence-corrected chi connectivity index (χ1v) is 13.3. The van der Waals surface area contributed by atoms with Crippen LogP contribution in [0.15, 0.2) is 47.3 Å². The van der Waals surface area contributed by atoms with Gasteiger partial charge in [0.2, 0.25) is 11.8 Å². The lowest BCUT2D eigenvalue weighted by Gasteiger charge is -2.37. The van der Waals surface area contributed by atoms with Gasteiger partial charge in [-0.15, -0.1) is 0 Å². The summed E-state index contributed by atoms with van der Waals surface area (Å²) in [4.78, 5) is 53.6. The predicted octanol–water partition coefficient (Wildman–Crippen LogP) is 3.52. The Morgan fingerprint density at radius 2 is 2.00 bits per heavy atom. The summed E-state index contributed by atoms with van der Waals surface area (Å²) < 4.78 is 7.09. The molecule has 1 saturated carbocycles. The molecule has 0 bridgehead atoms. The van der Waals surface area contributed by atoms with E-state index in [1.807, 2.05) is 0 Å². The lowest BCUT2D eigenvalue weighted by Crippen LogP contribution is -2.50. The minimum atomic E-state index is -0.607. The fourth-order valence-electron chi connectivity index (χ4n) is 5.67. The Morgan fingerprint density at radius 3 is 2.74 bits per heavy atom. The van der Waals surface area contributed by atoms with Crippen LogP contribution in [-0.4, -0.2) is 61.5 Å². The highest BCUT2D eigenvalue weighted by Gasteiger charge is 2.51. The van der Waals surface area contributed by atoms with Crippen LogP contribution < -0.4 is 16.4 Å². The van der Waals surface area contributed by atoms with Crippen molar-refractivity contribution in [1.82, 2.24) is 24.4 Å². The van der Waals surface area contributed by atoms with E-state index >= 15 is 0 Å². The number of benzene rings is 1. The summed E-state index contributed by atoms with van der Waals surface area (Å²) in [6.07, 6.45) is 3.21. The van der Waals surface area contributed by atoms with Gasteiger partial charge in [0.05, 0.1) is 18.0 Å². The molecular weight excluding hydrogens is 568 g/mol. The van der Waals surface area contributed by atoms with Crippen LogP contribution in [0.4, 0.5) is 22.1 Å². The van der Waals surface area contributed by atoms with E-state index in [4.69, 9.17) is 10.5 Å². The van der Waals surface area contributed by atoms with Crippen LogP contribution in [-0.2, 0) is 20.9 Å². The van der Waals surface area contributed by atoms with Crippen molar-refractivity contribution in [1.29, 1.82) is 0 Å². The van der Waals surface area contributed by atoms with Crippen molar-refractivity contribution in [2.75, 3.05) is 23.5 Å². The summed E-state index contributed by atoms with van der Waals surface area (Å²) in [5.41, 5.74) is 7.91. The predicted molar refractivity (Wildman–Crippen MR) is 148 cm³/mol. The zero-order chi connectivity index (χ0) is 27.3. The molecule has 3 atom stereocenters.